The van der Waals surface area contributed by atoms with Crippen molar-refractivity contribution in [1.82, 2.24) is 19.6 Å². The van der Waals surface area contributed by atoms with Gasteiger partial charge in [-0.25, -0.2) is 0 Å². The maximum absolute atomic E-state index is 12.2. The average Bonchev–Trinajstić information content (AvgIpc) is 3.27. The predicted molar refractivity (Wildman–Crippen MR) is 93.0 cm³/mol. The zero-order valence-corrected chi connectivity index (χ0v) is 15.2. The van der Waals surface area contributed by atoms with Crippen LogP contribution in [-0.4, -0.2) is 25.5 Å². The topological polar surface area (TPSA) is 102 Å². The van der Waals surface area contributed by atoms with Crippen molar-refractivity contribution in [3.05, 3.63) is 51.8 Å². The molecule has 0 spiro atoms. The number of hydrogen-bond acceptors (Lipinski definition) is 5. The zero-order valence-electron chi connectivity index (χ0n) is 13.7. The molecule has 0 saturated carbocycles. The molecule has 0 atom stereocenters. The number of nitrogens with one attached hydrogen (secondary N) is 1. The lowest BCUT2D eigenvalue weighted by Gasteiger charge is -2.02. The first-order valence-corrected chi connectivity index (χ1v) is 8.27. The molecule has 1 N–H and O–H groups in total. The van der Waals surface area contributed by atoms with Gasteiger partial charge in [0, 0.05) is 12.3 Å². The molecule has 0 aromatic carbocycles. The van der Waals surface area contributed by atoms with Gasteiger partial charge in [-0.2, -0.15) is 15.5 Å². The van der Waals surface area contributed by atoms with Crippen molar-refractivity contribution in [2.24, 2.45) is 0 Å². The van der Waals surface area contributed by atoms with E-state index in [1.54, 1.807) is 24.4 Å². The Kier molecular flexibility index (Phi) is 4.72. The monoisotopic (exact) mass is 402 g/mol. The summed E-state index contributed by atoms with van der Waals surface area (Å²) >= 11 is 3.48. The molecule has 3 aromatic rings. The number of hydrogen-bond donors (Lipinski definition) is 1. The van der Waals surface area contributed by atoms with E-state index in [0.29, 0.717) is 18.1 Å². The van der Waals surface area contributed by atoms with Crippen molar-refractivity contribution in [3.63, 3.8) is 0 Å². The van der Waals surface area contributed by atoms with Crippen LogP contribution < -0.4 is 5.32 Å². The third-order valence-corrected chi connectivity index (χ3v) is 4.75. The lowest BCUT2D eigenvalue weighted by Crippen LogP contribution is -2.12. The molecule has 25 heavy (non-hydrogen) atoms. The Bertz CT molecular complexity index is 962. The molecule has 3 heterocycles. The Hall–Kier alpha value is -2.86. The van der Waals surface area contributed by atoms with Crippen LogP contribution in [0.15, 0.2) is 33.3 Å². The molecule has 8 nitrogen and oxygen atoms in total. The highest BCUT2D eigenvalue weighted by molar-refractivity contribution is 9.10. The molecule has 128 valence electrons. The van der Waals surface area contributed by atoms with Crippen molar-refractivity contribution in [2.75, 3.05) is 5.32 Å². The summed E-state index contributed by atoms with van der Waals surface area (Å²) in [5, 5.41) is 19.7. The lowest BCUT2D eigenvalue weighted by molar-refractivity contribution is 0.0994. The van der Waals surface area contributed by atoms with E-state index in [9.17, 15) is 4.79 Å². The molecule has 9 heteroatoms. The Morgan fingerprint density at radius 3 is 2.84 bits per heavy atom. The number of aryl methyl sites for hydroxylation is 1. The van der Waals surface area contributed by atoms with Gasteiger partial charge in [0.05, 0.1) is 28.5 Å². The minimum Gasteiger partial charge on any atom is -0.454 e. The summed E-state index contributed by atoms with van der Waals surface area (Å²) in [5.41, 5.74) is 1.89. The third-order valence-electron chi connectivity index (χ3n) is 3.60. The zero-order chi connectivity index (χ0) is 18.0. The van der Waals surface area contributed by atoms with Gasteiger partial charge in [0.2, 0.25) is 0 Å². The number of anilines is 1. The molecule has 0 fully saturated rings. The first-order valence-electron chi connectivity index (χ1n) is 7.48. The van der Waals surface area contributed by atoms with Crippen molar-refractivity contribution >= 4 is 27.7 Å². The fourth-order valence-corrected chi connectivity index (χ4v) is 2.61. The number of halogens is 1. The maximum atomic E-state index is 12.2. The normalized spacial score (nSPS) is 10.6. The second kappa shape index (κ2) is 6.94. The summed E-state index contributed by atoms with van der Waals surface area (Å²) < 4.78 is 9.81. The maximum Gasteiger partial charge on any atom is 0.292 e. The van der Waals surface area contributed by atoms with Gasteiger partial charge < -0.3 is 9.73 Å². The predicted octanol–water partition coefficient (Wildman–Crippen LogP) is 2.88. The lowest BCUT2D eigenvalue weighted by atomic mass is 10.4. The number of carbonyl (C=O) groups is 1. The van der Waals surface area contributed by atoms with E-state index in [0.717, 1.165) is 15.9 Å². The Morgan fingerprint density at radius 2 is 2.16 bits per heavy atom. The molecule has 3 aromatic heterocycles. The van der Waals surface area contributed by atoms with Crippen molar-refractivity contribution < 1.29 is 9.21 Å². The summed E-state index contributed by atoms with van der Waals surface area (Å²) in [5.74, 6) is 0.771. The van der Waals surface area contributed by atoms with Gasteiger partial charge in [-0.3, -0.25) is 14.2 Å². The molecule has 0 aliphatic carbocycles. The second-order valence-electron chi connectivity index (χ2n) is 5.42. The van der Waals surface area contributed by atoms with Crippen LogP contribution in [0, 0.1) is 25.2 Å². The van der Waals surface area contributed by atoms with Gasteiger partial charge in [-0.05, 0) is 41.9 Å². The van der Waals surface area contributed by atoms with Crippen molar-refractivity contribution in [2.45, 2.75) is 26.9 Å². The standard InChI is InChI=1S/C16H15BrN6O2/c1-10-15(17)11(2)23(20-10)9-12-3-4-13(25-12)16(24)19-14-5-7-22(21-14)8-6-18/h3-5,7H,8-9H2,1-2H3,(H,19,21,24). The van der Waals surface area contributed by atoms with E-state index in [1.807, 2.05) is 24.6 Å². The van der Waals surface area contributed by atoms with Gasteiger partial charge in [-0.15, -0.1) is 0 Å². The SMILES string of the molecule is Cc1nn(Cc2ccc(C(=O)Nc3ccn(CC#N)n3)o2)c(C)c1Br. The fraction of sp³-hybridized carbons (Fsp3) is 0.250. The number of nitriles is 1. The van der Waals surface area contributed by atoms with Crippen LogP contribution in [0.1, 0.15) is 27.7 Å². The van der Waals surface area contributed by atoms with E-state index < -0.39 is 5.91 Å². The molecular formula is C16H15BrN6O2. The number of aromatic nitrogens is 4. The molecule has 0 aliphatic rings. The van der Waals surface area contributed by atoms with Gasteiger partial charge in [-0.1, -0.05) is 0 Å². The molecule has 0 radical (unpaired) electrons. The summed E-state index contributed by atoms with van der Waals surface area (Å²) in [6, 6.07) is 6.95. The molecule has 0 saturated heterocycles. The highest BCUT2D eigenvalue weighted by Gasteiger charge is 2.15. The van der Waals surface area contributed by atoms with Crippen LogP contribution >= 0.6 is 15.9 Å². The smallest absolute Gasteiger partial charge is 0.292 e. The first kappa shape index (κ1) is 17.0. The minimum atomic E-state index is -0.400. The van der Waals surface area contributed by atoms with Crippen LogP contribution in [0.2, 0.25) is 0 Å². The molecule has 3 rings (SSSR count). The van der Waals surface area contributed by atoms with E-state index in [-0.39, 0.29) is 12.3 Å². The number of rotatable bonds is 5. The number of furan rings is 1. The third kappa shape index (κ3) is 3.64. The fourth-order valence-electron chi connectivity index (χ4n) is 2.33. The molecule has 0 bridgehead atoms. The van der Waals surface area contributed by atoms with E-state index in [1.165, 1.54) is 4.68 Å². The van der Waals surface area contributed by atoms with Crippen LogP contribution in [-0.2, 0) is 13.1 Å². The molecular weight excluding hydrogens is 388 g/mol. The summed E-state index contributed by atoms with van der Waals surface area (Å²) in [6.45, 7) is 4.43. The Morgan fingerprint density at radius 1 is 1.36 bits per heavy atom. The molecule has 0 unspecified atom stereocenters. The quantitative estimate of drug-likeness (QED) is 0.706. The number of nitrogens with zero attached hydrogens (tertiary/aromatic N) is 5. The molecule has 0 aliphatic heterocycles. The van der Waals surface area contributed by atoms with Crippen LogP contribution in [0.25, 0.3) is 0 Å². The summed E-state index contributed by atoms with van der Waals surface area (Å²) in [6.07, 6.45) is 1.62. The largest absolute Gasteiger partial charge is 0.454 e. The summed E-state index contributed by atoms with van der Waals surface area (Å²) in [7, 11) is 0. The Balaban J connectivity index is 1.68. The van der Waals surface area contributed by atoms with Crippen LogP contribution in [0.4, 0.5) is 5.82 Å². The van der Waals surface area contributed by atoms with Crippen LogP contribution in [0.3, 0.4) is 0 Å². The number of carbonyl (C=O) groups excluding carboxylic acids is 1. The number of amides is 1. The van der Waals surface area contributed by atoms with Crippen LogP contribution in [0.5, 0.6) is 0 Å². The van der Waals surface area contributed by atoms with Crippen molar-refractivity contribution in [3.8, 4) is 6.07 Å². The highest BCUT2D eigenvalue weighted by Crippen LogP contribution is 2.21. The van der Waals surface area contributed by atoms with Gasteiger partial charge >= 0.3 is 0 Å². The summed E-state index contributed by atoms with van der Waals surface area (Å²) in [4.78, 5) is 12.2. The van der Waals surface area contributed by atoms with Crippen molar-refractivity contribution in [1.29, 1.82) is 5.26 Å². The van der Waals surface area contributed by atoms with E-state index >= 15 is 0 Å². The van der Waals surface area contributed by atoms with Gasteiger partial charge in [0.25, 0.3) is 5.91 Å². The van der Waals surface area contributed by atoms with Gasteiger partial charge in [0.15, 0.2) is 11.6 Å². The first-order chi connectivity index (χ1) is 12.0. The van der Waals surface area contributed by atoms with E-state index in [2.05, 4.69) is 31.4 Å². The second-order valence-corrected chi connectivity index (χ2v) is 6.21. The molecule has 1 amide bonds. The minimum absolute atomic E-state index is 0.124. The Labute approximate surface area is 152 Å². The highest BCUT2D eigenvalue weighted by atomic mass is 79.9. The average molecular weight is 403 g/mol. The van der Waals surface area contributed by atoms with Gasteiger partial charge in [0.1, 0.15) is 12.3 Å². The van der Waals surface area contributed by atoms with E-state index in [4.69, 9.17) is 9.68 Å².